The Morgan fingerprint density at radius 2 is 1.62 bits per heavy atom. The van der Waals surface area contributed by atoms with Gasteiger partial charge in [-0.2, -0.15) is 0 Å². The van der Waals surface area contributed by atoms with E-state index in [9.17, 15) is 22.4 Å². The number of nitrogens with one attached hydrogen (secondary N) is 2. The second-order valence-electron chi connectivity index (χ2n) is 6.82. The van der Waals surface area contributed by atoms with Gasteiger partial charge in [0.15, 0.2) is 0 Å². The summed E-state index contributed by atoms with van der Waals surface area (Å²) < 4.78 is 44.7. The lowest BCUT2D eigenvalue weighted by molar-refractivity contribution is -0.143. The molecule has 0 aliphatic heterocycles. The predicted molar refractivity (Wildman–Crippen MR) is 106 cm³/mol. The van der Waals surface area contributed by atoms with Crippen molar-refractivity contribution in [2.45, 2.75) is 31.2 Å². The minimum atomic E-state index is -3.89. The molecule has 29 heavy (non-hydrogen) atoms. The Bertz CT molecular complexity index is 957. The van der Waals surface area contributed by atoms with E-state index in [1.54, 1.807) is 0 Å². The Morgan fingerprint density at radius 1 is 1.03 bits per heavy atom. The topological polar surface area (TPSA) is 102 Å². The molecule has 0 spiro atoms. The highest BCUT2D eigenvalue weighted by Crippen LogP contribution is 2.17. The number of hydrogen-bond acceptors (Lipinski definition) is 5. The Morgan fingerprint density at radius 3 is 2.14 bits per heavy atom. The molecule has 2 N–H and O–H groups in total. The van der Waals surface area contributed by atoms with Crippen LogP contribution < -0.4 is 10.0 Å². The number of hydrogen-bond donors (Lipinski definition) is 2. The van der Waals surface area contributed by atoms with E-state index in [1.165, 1.54) is 31.4 Å². The average molecular weight is 422 g/mol. The van der Waals surface area contributed by atoms with Crippen LogP contribution >= 0.6 is 0 Å². The second kappa shape index (κ2) is 9.51. The molecule has 9 heteroatoms. The number of sulfonamides is 1. The molecule has 0 fully saturated rings. The lowest BCUT2D eigenvalue weighted by Crippen LogP contribution is -2.42. The van der Waals surface area contributed by atoms with Gasteiger partial charge < -0.3 is 10.1 Å². The molecular formula is C20H23FN2O5S. The van der Waals surface area contributed by atoms with Crippen LogP contribution in [0.1, 0.15) is 30.6 Å². The zero-order valence-corrected chi connectivity index (χ0v) is 17.1. The van der Waals surface area contributed by atoms with Crippen LogP contribution in [-0.4, -0.2) is 33.4 Å². The van der Waals surface area contributed by atoms with Crippen molar-refractivity contribution in [2.75, 3.05) is 11.8 Å². The molecule has 156 valence electrons. The molecule has 0 aliphatic rings. The zero-order chi connectivity index (χ0) is 21.6. The van der Waals surface area contributed by atoms with Gasteiger partial charge in [0.05, 0.1) is 12.0 Å². The highest BCUT2D eigenvalue weighted by Gasteiger charge is 2.23. The molecule has 1 amide bonds. The molecule has 0 radical (unpaired) electrons. The normalized spacial score (nSPS) is 12.3. The molecule has 0 aliphatic carbocycles. The van der Waals surface area contributed by atoms with Gasteiger partial charge in [0.2, 0.25) is 0 Å². The molecule has 1 atom stereocenters. The summed E-state index contributed by atoms with van der Waals surface area (Å²) in [6.45, 7) is 3.84. The van der Waals surface area contributed by atoms with Gasteiger partial charge in [-0.3, -0.25) is 9.52 Å². The fraction of sp³-hybridized carbons (Fsp3) is 0.300. The molecule has 2 rings (SSSR count). The molecule has 0 bridgehead atoms. The van der Waals surface area contributed by atoms with E-state index in [4.69, 9.17) is 4.74 Å². The number of ether oxygens (including phenoxy) is 1. The van der Waals surface area contributed by atoms with Crippen molar-refractivity contribution < 1.29 is 27.1 Å². The molecule has 2 aromatic rings. The number of halogens is 1. The van der Waals surface area contributed by atoms with Crippen molar-refractivity contribution in [3.05, 3.63) is 59.9 Å². The van der Waals surface area contributed by atoms with Gasteiger partial charge in [0, 0.05) is 11.3 Å². The van der Waals surface area contributed by atoms with Gasteiger partial charge in [-0.25, -0.2) is 17.6 Å². The number of carbonyl (C=O) groups is 2. The fourth-order valence-corrected chi connectivity index (χ4v) is 3.65. The second-order valence-corrected chi connectivity index (χ2v) is 8.50. The van der Waals surface area contributed by atoms with Crippen LogP contribution in [0.4, 0.5) is 10.1 Å². The highest BCUT2D eigenvalue weighted by molar-refractivity contribution is 7.92. The largest absolute Gasteiger partial charge is 0.467 e. The van der Waals surface area contributed by atoms with Crippen LogP contribution in [-0.2, 0) is 19.6 Å². The minimum Gasteiger partial charge on any atom is -0.467 e. The van der Waals surface area contributed by atoms with Gasteiger partial charge >= 0.3 is 5.97 Å². The Kier molecular flexibility index (Phi) is 7.33. The van der Waals surface area contributed by atoms with Crippen molar-refractivity contribution in [1.82, 2.24) is 5.32 Å². The van der Waals surface area contributed by atoms with Crippen LogP contribution in [0.25, 0.3) is 0 Å². The van der Waals surface area contributed by atoms with Gasteiger partial charge in [0.1, 0.15) is 11.9 Å². The molecule has 1 unspecified atom stereocenters. The Labute approximate surface area is 169 Å². The molecule has 0 heterocycles. The van der Waals surface area contributed by atoms with E-state index in [1.807, 2.05) is 13.8 Å². The number of benzene rings is 2. The van der Waals surface area contributed by atoms with E-state index >= 15 is 0 Å². The summed E-state index contributed by atoms with van der Waals surface area (Å²) in [5, 5.41) is 2.63. The molecular weight excluding hydrogens is 399 g/mol. The zero-order valence-electron chi connectivity index (χ0n) is 16.3. The maximum Gasteiger partial charge on any atom is 0.328 e. The van der Waals surface area contributed by atoms with Crippen LogP contribution in [0, 0.1) is 11.7 Å². The first-order chi connectivity index (χ1) is 13.6. The van der Waals surface area contributed by atoms with E-state index in [2.05, 4.69) is 10.0 Å². The van der Waals surface area contributed by atoms with E-state index in [0.29, 0.717) is 6.42 Å². The highest BCUT2D eigenvalue weighted by atomic mass is 32.2. The van der Waals surface area contributed by atoms with Crippen molar-refractivity contribution in [3.63, 3.8) is 0 Å². The Balaban J connectivity index is 2.09. The maximum atomic E-state index is 13.0. The SMILES string of the molecule is COC(=O)C(CC(C)C)NC(=O)c1ccc(NS(=O)(=O)c2ccc(F)cc2)cc1. The van der Waals surface area contributed by atoms with E-state index in [-0.39, 0.29) is 22.1 Å². The monoisotopic (exact) mass is 422 g/mol. The van der Waals surface area contributed by atoms with Crippen LogP contribution in [0.5, 0.6) is 0 Å². The first-order valence-electron chi connectivity index (χ1n) is 8.89. The van der Waals surface area contributed by atoms with Crippen molar-refractivity contribution in [3.8, 4) is 0 Å². The Hall–Kier alpha value is -2.94. The number of esters is 1. The smallest absolute Gasteiger partial charge is 0.328 e. The standard InChI is InChI=1S/C20H23FN2O5S/c1-13(2)12-18(20(25)28-3)22-19(24)14-4-8-16(9-5-14)23-29(26,27)17-10-6-15(21)7-11-17/h4-11,13,18,23H,12H2,1-3H3,(H,22,24). The summed E-state index contributed by atoms with van der Waals surface area (Å²) in [4.78, 5) is 24.2. The molecule has 0 saturated heterocycles. The van der Waals surface area contributed by atoms with Gasteiger partial charge in [-0.1, -0.05) is 13.8 Å². The number of anilines is 1. The number of carbonyl (C=O) groups excluding carboxylic acids is 2. The van der Waals surface area contributed by atoms with Crippen molar-refractivity contribution in [2.24, 2.45) is 5.92 Å². The van der Waals surface area contributed by atoms with Gasteiger partial charge in [-0.05, 0) is 60.9 Å². The molecule has 0 saturated carbocycles. The van der Waals surface area contributed by atoms with Crippen molar-refractivity contribution in [1.29, 1.82) is 0 Å². The summed E-state index contributed by atoms with van der Waals surface area (Å²) in [6, 6.07) is 9.35. The summed E-state index contributed by atoms with van der Waals surface area (Å²) in [6.07, 6.45) is 0.425. The summed E-state index contributed by atoms with van der Waals surface area (Å²) in [5.74, 6) is -1.38. The van der Waals surface area contributed by atoms with Crippen LogP contribution in [0.3, 0.4) is 0 Å². The quantitative estimate of drug-likeness (QED) is 0.637. The van der Waals surface area contributed by atoms with E-state index in [0.717, 1.165) is 24.3 Å². The first-order valence-corrected chi connectivity index (χ1v) is 10.4. The third kappa shape index (κ3) is 6.28. The first kappa shape index (κ1) is 22.4. The number of amides is 1. The molecule has 2 aromatic carbocycles. The minimum absolute atomic E-state index is 0.0877. The van der Waals surface area contributed by atoms with E-state index < -0.39 is 33.8 Å². The summed E-state index contributed by atoms with van der Waals surface area (Å²) in [7, 11) is -2.63. The van der Waals surface area contributed by atoms with Crippen molar-refractivity contribution >= 4 is 27.6 Å². The maximum absolute atomic E-state index is 13.0. The molecule has 7 nitrogen and oxygen atoms in total. The van der Waals surface area contributed by atoms with Gasteiger partial charge in [-0.15, -0.1) is 0 Å². The lowest BCUT2D eigenvalue weighted by Gasteiger charge is -2.18. The number of rotatable bonds is 8. The number of methoxy groups -OCH3 is 1. The summed E-state index contributed by atoms with van der Waals surface area (Å²) in [5.41, 5.74) is 0.491. The molecule has 0 aromatic heterocycles. The van der Waals surface area contributed by atoms with Crippen LogP contribution in [0.2, 0.25) is 0 Å². The summed E-state index contributed by atoms with van der Waals surface area (Å²) >= 11 is 0. The van der Waals surface area contributed by atoms with Gasteiger partial charge in [0.25, 0.3) is 15.9 Å². The van der Waals surface area contributed by atoms with Crippen LogP contribution in [0.15, 0.2) is 53.4 Å². The third-order valence-corrected chi connectivity index (χ3v) is 5.42. The predicted octanol–water partition coefficient (Wildman–Crippen LogP) is 2.94. The lowest BCUT2D eigenvalue weighted by atomic mass is 10.0. The third-order valence-electron chi connectivity index (χ3n) is 4.02. The fourth-order valence-electron chi connectivity index (χ4n) is 2.59. The average Bonchev–Trinajstić information content (AvgIpc) is 2.67.